The van der Waals surface area contributed by atoms with E-state index >= 15 is 0 Å². The second kappa shape index (κ2) is 10.1. The summed E-state index contributed by atoms with van der Waals surface area (Å²) in [7, 11) is 1.73. The molecule has 3 rings (SSSR count). The second-order valence-electron chi connectivity index (χ2n) is 7.00. The highest BCUT2D eigenvalue weighted by molar-refractivity contribution is 8.00. The fraction of sp³-hybridized carbons (Fsp3) is 0.250. The van der Waals surface area contributed by atoms with E-state index in [4.69, 9.17) is 4.74 Å². The van der Waals surface area contributed by atoms with Gasteiger partial charge in [0, 0.05) is 31.3 Å². The molecule has 33 heavy (non-hydrogen) atoms. The Balaban J connectivity index is 1.61. The maximum absolute atomic E-state index is 12.6. The Kier molecular flexibility index (Phi) is 7.23. The van der Waals surface area contributed by atoms with E-state index in [0.29, 0.717) is 28.0 Å². The molecular formula is C20H20N6O6S. The summed E-state index contributed by atoms with van der Waals surface area (Å²) in [6.45, 7) is 3.51. The van der Waals surface area contributed by atoms with Crippen molar-refractivity contribution >= 4 is 34.7 Å². The molecule has 0 aliphatic carbocycles. The Morgan fingerprint density at radius 1 is 1.12 bits per heavy atom. The summed E-state index contributed by atoms with van der Waals surface area (Å²) in [5, 5.41) is 32.5. The number of thioether (sulfide) groups is 1. The van der Waals surface area contributed by atoms with Crippen molar-refractivity contribution in [2.75, 3.05) is 5.32 Å². The Hall–Kier alpha value is -4.00. The number of carbonyl (C=O) groups excluding carboxylic acids is 1. The van der Waals surface area contributed by atoms with Crippen LogP contribution in [0.1, 0.15) is 18.3 Å². The van der Waals surface area contributed by atoms with Gasteiger partial charge in [-0.15, -0.1) is 10.2 Å². The van der Waals surface area contributed by atoms with Crippen LogP contribution in [0.3, 0.4) is 0 Å². The second-order valence-corrected chi connectivity index (χ2v) is 8.31. The Bertz CT molecular complexity index is 1200. The molecule has 1 atom stereocenters. The number of carbonyl (C=O) groups is 1. The molecule has 0 saturated heterocycles. The number of aromatic nitrogens is 3. The molecule has 0 aliphatic rings. The molecule has 0 unspecified atom stereocenters. The van der Waals surface area contributed by atoms with Crippen molar-refractivity contribution in [3.05, 3.63) is 74.1 Å². The molecule has 0 fully saturated rings. The number of rotatable bonds is 9. The van der Waals surface area contributed by atoms with Crippen LogP contribution < -0.4 is 10.1 Å². The van der Waals surface area contributed by atoms with E-state index in [1.807, 2.05) is 0 Å². The minimum atomic E-state index is -0.560. The number of non-ortho nitro benzene ring substituents is 2. The molecule has 13 heteroatoms. The zero-order valence-electron chi connectivity index (χ0n) is 17.9. The Morgan fingerprint density at radius 2 is 1.76 bits per heavy atom. The first kappa shape index (κ1) is 23.7. The van der Waals surface area contributed by atoms with E-state index in [1.165, 1.54) is 48.2 Å². The predicted molar refractivity (Wildman–Crippen MR) is 120 cm³/mol. The highest BCUT2D eigenvalue weighted by Crippen LogP contribution is 2.26. The Labute approximate surface area is 192 Å². The van der Waals surface area contributed by atoms with Crippen molar-refractivity contribution in [1.29, 1.82) is 0 Å². The number of hydrogen-bond donors (Lipinski definition) is 1. The largest absolute Gasteiger partial charge is 0.486 e. The maximum atomic E-state index is 12.6. The standard InChI is InChI=1S/C20H20N6O6S/c1-12-4-5-15(26(30)31)10-17(12)21-19(27)13(2)33-20-23-22-18(24(20)3)11-32-16-8-6-14(7-9-16)25(28)29/h4-10,13H,11H2,1-3H3,(H,21,27)/t13-/m1/s1. The number of amides is 1. The van der Waals surface area contributed by atoms with E-state index < -0.39 is 15.1 Å². The molecule has 1 aromatic heterocycles. The summed E-state index contributed by atoms with van der Waals surface area (Å²) in [5.74, 6) is 0.603. The van der Waals surface area contributed by atoms with Crippen molar-refractivity contribution in [2.24, 2.45) is 7.05 Å². The van der Waals surface area contributed by atoms with Crippen molar-refractivity contribution in [2.45, 2.75) is 30.9 Å². The topological polar surface area (TPSA) is 155 Å². The lowest BCUT2D eigenvalue weighted by Crippen LogP contribution is -2.23. The molecule has 172 valence electrons. The maximum Gasteiger partial charge on any atom is 0.271 e. The average molecular weight is 472 g/mol. The predicted octanol–water partition coefficient (Wildman–Crippen LogP) is 3.64. The quantitative estimate of drug-likeness (QED) is 0.279. The SMILES string of the molecule is Cc1ccc([N+](=O)[O-])cc1NC(=O)[C@@H](C)Sc1nnc(COc2ccc([N+](=O)[O-])cc2)n1C. The molecule has 0 aliphatic heterocycles. The number of nitro groups is 2. The van der Waals surface area contributed by atoms with Gasteiger partial charge in [0.05, 0.1) is 20.8 Å². The van der Waals surface area contributed by atoms with Gasteiger partial charge in [0.25, 0.3) is 11.4 Å². The molecule has 2 aromatic carbocycles. The summed E-state index contributed by atoms with van der Waals surface area (Å²) in [6, 6.07) is 9.95. The summed E-state index contributed by atoms with van der Waals surface area (Å²) in [6.07, 6.45) is 0. The van der Waals surface area contributed by atoms with Gasteiger partial charge in [-0.05, 0) is 31.5 Å². The molecule has 3 aromatic rings. The lowest BCUT2D eigenvalue weighted by Gasteiger charge is -2.13. The third-order valence-electron chi connectivity index (χ3n) is 4.68. The molecule has 1 amide bonds. The fourth-order valence-electron chi connectivity index (χ4n) is 2.69. The van der Waals surface area contributed by atoms with Crippen molar-refractivity contribution in [1.82, 2.24) is 14.8 Å². The fourth-order valence-corrected chi connectivity index (χ4v) is 3.52. The van der Waals surface area contributed by atoms with E-state index in [9.17, 15) is 25.0 Å². The van der Waals surface area contributed by atoms with Gasteiger partial charge in [-0.3, -0.25) is 25.0 Å². The highest BCUT2D eigenvalue weighted by atomic mass is 32.2. The van der Waals surface area contributed by atoms with Gasteiger partial charge in [0.15, 0.2) is 11.0 Å². The Morgan fingerprint density at radius 3 is 2.39 bits per heavy atom. The van der Waals surface area contributed by atoms with Gasteiger partial charge in [-0.1, -0.05) is 17.8 Å². The van der Waals surface area contributed by atoms with Gasteiger partial charge >= 0.3 is 0 Å². The molecule has 1 heterocycles. The normalized spacial score (nSPS) is 11.6. The third kappa shape index (κ3) is 5.83. The smallest absolute Gasteiger partial charge is 0.271 e. The monoisotopic (exact) mass is 472 g/mol. The molecule has 12 nitrogen and oxygen atoms in total. The van der Waals surface area contributed by atoms with Gasteiger partial charge in [-0.2, -0.15) is 0 Å². The number of ether oxygens (including phenoxy) is 1. The van der Waals surface area contributed by atoms with Crippen LogP contribution in [0.15, 0.2) is 47.6 Å². The number of aryl methyl sites for hydroxylation is 1. The van der Waals surface area contributed by atoms with Crippen molar-refractivity contribution in [3.8, 4) is 5.75 Å². The third-order valence-corrected chi connectivity index (χ3v) is 5.82. The molecule has 0 spiro atoms. The molecule has 0 radical (unpaired) electrons. The van der Waals surface area contributed by atoms with E-state index in [2.05, 4.69) is 15.5 Å². The molecular weight excluding hydrogens is 452 g/mol. The number of nitrogens with zero attached hydrogens (tertiary/aromatic N) is 5. The number of anilines is 1. The first-order valence-electron chi connectivity index (χ1n) is 9.63. The van der Waals surface area contributed by atoms with Gasteiger partial charge in [0.1, 0.15) is 12.4 Å². The minimum Gasteiger partial charge on any atom is -0.486 e. The first-order valence-corrected chi connectivity index (χ1v) is 10.5. The van der Waals surface area contributed by atoms with E-state index in [-0.39, 0.29) is 23.9 Å². The number of benzene rings is 2. The molecule has 0 bridgehead atoms. The summed E-state index contributed by atoms with van der Waals surface area (Å²) < 4.78 is 7.29. The highest BCUT2D eigenvalue weighted by Gasteiger charge is 2.20. The van der Waals surface area contributed by atoms with E-state index in [0.717, 1.165) is 0 Å². The summed E-state index contributed by atoms with van der Waals surface area (Å²) in [4.78, 5) is 33.3. The summed E-state index contributed by atoms with van der Waals surface area (Å²) >= 11 is 1.17. The van der Waals surface area contributed by atoms with Crippen molar-refractivity contribution in [3.63, 3.8) is 0 Å². The number of nitrogens with one attached hydrogen (secondary N) is 1. The zero-order valence-corrected chi connectivity index (χ0v) is 18.7. The summed E-state index contributed by atoms with van der Waals surface area (Å²) in [5.41, 5.74) is 0.932. The van der Waals surface area contributed by atoms with E-state index in [1.54, 1.807) is 31.5 Å². The number of nitro benzene ring substituents is 2. The van der Waals surface area contributed by atoms with Crippen LogP contribution in [0.5, 0.6) is 5.75 Å². The van der Waals surface area contributed by atoms with Gasteiger partial charge in [-0.25, -0.2) is 0 Å². The van der Waals surface area contributed by atoms with Crippen molar-refractivity contribution < 1.29 is 19.4 Å². The lowest BCUT2D eigenvalue weighted by atomic mass is 10.2. The molecule has 1 N–H and O–H groups in total. The number of hydrogen-bond acceptors (Lipinski definition) is 9. The van der Waals surface area contributed by atoms with Crippen LogP contribution in [-0.4, -0.2) is 35.8 Å². The lowest BCUT2D eigenvalue weighted by molar-refractivity contribution is -0.385. The van der Waals surface area contributed by atoms with Gasteiger partial charge in [0.2, 0.25) is 5.91 Å². The zero-order chi connectivity index (χ0) is 24.1. The van der Waals surface area contributed by atoms with Crippen LogP contribution in [0, 0.1) is 27.2 Å². The average Bonchev–Trinajstić information content (AvgIpc) is 3.12. The first-order chi connectivity index (χ1) is 15.7. The van der Waals surface area contributed by atoms with Crippen LogP contribution in [0.2, 0.25) is 0 Å². The van der Waals surface area contributed by atoms with Crippen LogP contribution >= 0.6 is 11.8 Å². The van der Waals surface area contributed by atoms with Crippen LogP contribution in [0.4, 0.5) is 17.1 Å². The van der Waals surface area contributed by atoms with Crippen LogP contribution in [-0.2, 0) is 18.4 Å². The van der Waals surface area contributed by atoms with Crippen LogP contribution in [0.25, 0.3) is 0 Å². The van der Waals surface area contributed by atoms with Gasteiger partial charge < -0.3 is 14.6 Å². The molecule has 0 saturated carbocycles. The minimum absolute atomic E-state index is 0.0349.